The minimum Gasteiger partial charge on any atom is -0.493 e. The second-order valence-corrected chi connectivity index (χ2v) is 6.24. The molecule has 23 heavy (non-hydrogen) atoms. The van der Waals surface area contributed by atoms with E-state index in [0.29, 0.717) is 6.61 Å². The number of carbonyl (C=O) groups is 1. The zero-order chi connectivity index (χ0) is 16.7. The molecule has 2 rings (SSSR count). The van der Waals surface area contributed by atoms with E-state index < -0.39 is 11.7 Å². The average Bonchev–Trinajstić information content (AvgIpc) is 2.46. The third-order valence-corrected chi connectivity index (χ3v) is 2.97. The summed E-state index contributed by atoms with van der Waals surface area (Å²) in [5.74, 6) is 0.857. The highest BCUT2D eigenvalue weighted by molar-refractivity contribution is 5.84. The lowest BCUT2D eigenvalue weighted by atomic mass is 10.1. The number of carbonyl (C=O) groups excluding carboxylic acids is 1. The van der Waals surface area contributed by atoms with Gasteiger partial charge in [-0.05, 0) is 50.6 Å². The molecule has 4 nitrogen and oxygen atoms in total. The van der Waals surface area contributed by atoms with Crippen LogP contribution in [-0.2, 0) is 11.2 Å². The molecule has 0 unspecified atom stereocenters. The van der Waals surface area contributed by atoms with Crippen molar-refractivity contribution >= 4 is 11.8 Å². The van der Waals surface area contributed by atoms with Crippen molar-refractivity contribution in [1.82, 2.24) is 0 Å². The van der Waals surface area contributed by atoms with Crippen molar-refractivity contribution in [3.05, 3.63) is 60.2 Å². The summed E-state index contributed by atoms with van der Waals surface area (Å²) in [7, 11) is 0. The molecule has 0 aliphatic rings. The maximum atomic E-state index is 11.8. The fourth-order valence-electron chi connectivity index (χ4n) is 2.03. The number of ether oxygens (including phenoxy) is 2. The Morgan fingerprint density at radius 1 is 1.04 bits per heavy atom. The van der Waals surface area contributed by atoms with Crippen LogP contribution in [0.15, 0.2) is 54.6 Å². The van der Waals surface area contributed by atoms with Crippen molar-refractivity contribution in [2.24, 2.45) is 0 Å². The summed E-state index contributed by atoms with van der Waals surface area (Å²) >= 11 is 0. The Hall–Kier alpha value is -2.49. The number of hydrogen-bond acceptors (Lipinski definition) is 3. The van der Waals surface area contributed by atoms with Gasteiger partial charge >= 0.3 is 6.09 Å². The first-order valence-corrected chi connectivity index (χ1v) is 7.69. The lowest BCUT2D eigenvalue weighted by Gasteiger charge is -2.19. The van der Waals surface area contributed by atoms with Gasteiger partial charge < -0.3 is 9.47 Å². The SMILES string of the molecule is CC(C)(C)OC(=O)Nc1cccc(CCOc2ccccc2)c1. The standard InChI is InChI=1S/C19H23NO3/c1-19(2,3)23-18(21)20-16-9-7-8-15(14-16)12-13-22-17-10-5-4-6-11-17/h4-11,14H,12-13H2,1-3H3,(H,20,21). The van der Waals surface area contributed by atoms with Crippen molar-refractivity contribution in [2.45, 2.75) is 32.8 Å². The van der Waals surface area contributed by atoms with Gasteiger partial charge in [0, 0.05) is 12.1 Å². The van der Waals surface area contributed by atoms with Gasteiger partial charge in [0.05, 0.1) is 6.61 Å². The van der Waals surface area contributed by atoms with Crippen molar-refractivity contribution in [3.63, 3.8) is 0 Å². The molecule has 1 amide bonds. The smallest absolute Gasteiger partial charge is 0.412 e. The average molecular weight is 313 g/mol. The van der Waals surface area contributed by atoms with E-state index in [1.807, 2.05) is 75.4 Å². The van der Waals surface area contributed by atoms with Gasteiger partial charge in [0.25, 0.3) is 0 Å². The first kappa shape index (κ1) is 16.9. The van der Waals surface area contributed by atoms with Gasteiger partial charge in [-0.1, -0.05) is 30.3 Å². The Balaban J connectivity index is 1.86. The summed E-state index contributed by atoms with van der Waals surface area (Å²) in [6, 6.07) is 17.4. The van der Waals surface area contributed by atoms with Crippen LogP contribution in [0.25, 0.3) is 0 Å². The van der Waals surface area contributed by atoms with Crippen molar-refractivity contribution in [1.29, 1.82) is 0 Å². The van der Waals surface area contributed by atoms with Crippen LogP contribution >= 0.6 is 0 Å². The summed E-state index contributed by atoms with van der Waals surface area (Å²) in [5, 5.41) is 2.74. The van der Waals surface area contributed by atoms with E-state index in [0.717, 1.165) is 23.4 Å². The Bertz CT molecular complexity index is 633. The molecule has 0 saturated carbocycles. The zero-order valence-electron chi connectivity index (χ0n) is 13.8. The lowest BCUT2D eigenvalue weighted by molar-refractivity contribution is 0.0636. The monoisotopic (exact) mass is 313 g/mol. The molecule has 0 spiro atoms. The lowest BCUT2D eigenvalue weighted by Crippen LogP contribution is -2.27. The highest BCUT2D eigenvalue weighted by Gasteiger charge is 2.16. The van der Waals surface area contributed by atoms with E-state index in [2.05, 4.69) is 5.32 Å². The molecule has 0 aliphatic heterocycles. The Labute approximate surface area is 137 Å². The Kier molecular flexibility index (Phi) is 5.63. The summed E-state index contributed by atoms with van der Waals surface area (Å²) in [6.45, 7) is 6.09. The maximum Gasteiger partial charge on any atom is 0.412 e. The van der Waals surface area contributed by atoms with Gasteiger partial charge in [-0.15, -0.1) is 0 Å². The van der Waals surface area contributed by atoms with Gasteiger partial charge in [0.2, 0.25) is 0 Å². The van der Waals surface area contributed by atoms with Crippen LogP contribution in [0.5, 0.6) is 5.75 Å². The molecule has 1 N–H and O–H groups in total. The summed E-state index contributed by atoms with van der Waals surface area (Å²) in [5.41, 5.74) is 1.30. The quantitative estimate of drug-likeness (QED) is 0.873. The highest BCUT2D eigenvalue weighted by atomic mass is 16.6. The van der Waals surface area contributed by atoms with E-state index in [4.69, 9.17) is 9.47 Å². The molecular formula is C19H23NO3. The molecule has 0 fully saturated rings. The maximum absolute atomic E-state index is 11.8. The van der Waals surface area contributed by atoms with Gasteiger partial charge in [0.1, 0.15) is 11.4 Å². The van der Waals surface area contributed by atoms with Crippen molar-refractivity contribution in [3.8, 4) is 5.75 Å². The first-order valence-electron chi connectivity index (χ1n) is 7.69. The van der Waals surface area contributed by atoms with Gasteiger partial charge in [-0.25, -0.2) is 4.79 Å². The molecule has 0 aromatic heterocycles. The molecule has 0 bridgehead atoms. The molecular weight excluding hydrogens is 290 g/mol. The predicted molar refractivity (Wildman–Crippen MR) is 91.9 cm³/mol. The second-order valence-electron chi connectivity index (χ2n) is 6.24. The number of nitrogens with one attached hydrogen (secondary N) is 1. The molecule has 122 valence electrons. The molecule has 0 atom stereocenters. The number of anilines is 1. The molecule has 0 heterocycles. The number of benzene rings is 2. The molecule has 0 aliphatic carbocycles. The number of hydrogen-bond donors (Lipinski definition) is 1. The van der Waals surface area contributed by atoms with Crippen molar-refractivity contribution in [2.75, 3.05) is 11.9 Å². The van der Waals surface area contributed by atoms with Crippen molar-refractivity contribution < 1.29 is 14.3 Å². The van der Waals surface area contributed by atoms with E-state index in [1.54, 1.807) is 0 Å². The van der Waals surface area contributed by atoms with Crippen LogP contribution in [0.1, 0.15) is 26.3 Å². The van der Waals surface area contributed by atoms with E-state index in [-0.39, 0.29) is 0 Å². The number of amides is 1. The van der Waals surface area contributed by atoms with E-state index >= 15 is 0 Å². The van der Waals surface area contributed by atoms with Crippen LogP contribution < -0.4 is 10.1 Å². The Morgan fingerprint density at radius 3 is 2.48 bits per heavy atom. The molecule has 2 aromatic rings. The topological polar surface area (TPSA) is 47.6 Å². The van der Waals surface area contributed by atoms with Gasteiger partial charge in [-0.3, -0.25) is 5.32 Å². The fourth-order valence-corrected chi connectivity index (χ4v) is 2.03. The third-order valence-electron chi connectivity index (χ3n) is 2.97. The van der Waals surface area contributed by atoms with Crippen LogP contribution in [0.3, 0.4) is 0 Å². The number of rotatable bonds is 5. The first-order chi connectivity index (χ1) is 10.9. The molecule has 2 aromatic carbocycles. The number of para-hydroxylation sites is 1. The predicted octanol–water partition coefficient (Wildman–Crippen LogP) is 4.66. The largest absolute Gasteiger partial charge is 0.493 e. The summed E-state index contributed by atoms with van der Waals surface area (Å²) in [6.07, 6.45) is 0.314. The minimum atomic E-state index is -0.509. The van der Waals surface area contributed by atoms with Crippen LogP contribution in [0.2, 0.25) is 0 Å². The molecule has 4 heteroatoms. The zero-order valence-corrected chi connectivity index (χ0v) is 13.8. The highest BCUT2D eigenvalue weighted by Crippen LogP contribution is 2.15. The third kappa shape index (κ3) is 6.43. The van der Waals surface area contributed by atoms with E-state index in [9.17, 15) is 4.79 Å². The molecule has 0 radical (unpaired) electrons. The normalized spacial score (nSPS) is 10.9. The second kappa shape index (κ2) is 7.68. The minimum absolute atomic E-state index is 0.449. The van der Waals surface area contributed by atoms with Crippen LogP contribution in [-0.4, -0.2) is 18.3 Å². The van der Waals surface area contributed by atoms with Gasteiger partial charge in [-0.2, -0.15) is 0 Å². The Morgan fingerprint density at radius 2 is 1.78 bits per heavy atom. The van der Waals surface area contributed by atoms with Crippen LogP contribution in [0.4, 0.5) is 10.5 Å². The van der Waals surface area contributed by atoms with E-state index in [1.165, 1.54) is 0 Å². The van der Waals surface area contributed by atoms with Crippen LogP contribution in [0, 0.1) is 0 Å². The van der Waals surface area contributed by atoms with Gasteiger partial charge in [0.15, 0.2) is 0 Å². The summed E-state index contributed by atoms with van der Waals surface area (Å²) in [4.78, 5) is 11.8. The fraction of sp³-hybridized carbons (Fsp3) is 0.316. The molecule has 0 saturated heterocycles. The summed E-state index contributed by atoms with van der Waals surface area (Å²) < 4.78 is 10.9.